The third-order valence-corrected chi connectivity index (χ3v) is 4.49. The van der Waals surface area contributed by atoms with Crippen molar-refractivity contribution in [3.05, 3.63) is 35.9 Å². The molecule has 1 heterocycles. The molecule has 0 spiro atoms. The van der Waals surface area contributed by atoms with Crippen molar-refractivity contribution in [2.24, 2.45) is 11.7 Å². The van der Waals surface area contributed by atoms with Gasteiger partial charge in [0.25, 0.3) is 0 Å². The van der Waals surface area contributed by atoms with Gasteiger partial charge in [-0.15, -0.1) is 12.4 Å². The number of carbonyl (C=O) groups excluding carboxylic acids is 1. The fourth-order valence-corrected chi connectivity index (χ4v) is 3.09. The fourth-order valence-electron chi connectivity index (χ4n) is 3.09. The van der Waals surface area contributed by atoms with Crippen molar-refractivity contribution in [1.82, 2.24) is 4.90 Å². The average molecular weight is 311 g/mol. The summed E-state index contributed by atoms with van der Waals surface area (Å²) in [5.41, 5.74) is 7.33. The minimum Gasteiger partial charge on any atom is -0.339 e. The number of halogens is 1. The van der Waals surface area contributed by atoms with E-state index < -0.39 is 0 Å². The van der Waals surface area contributed by atoms with E-state index >= 15 is 0 Å². The number of likely N-dealkylation sites (tertiary alicyclic amines) is 1. The summed E-state index contributed by atoms with van der Waals surface area (Å²) in [7, 11) is 0. The molecule has 0 aliphatic carbocycles. The van der Waals surface area contributed by atoms with Gasteiger partial charge < -0.3 is 10.6 Å². The lowest BCUT2D eigenvalue weighted by molar-refractivity contribution is -0.139. The van der Waals surface area contributed by atoms with E-state index in [9.17, 15) is 4.79 Å². The second-order valence-electron chi connectivity index (χ2n) is 5.81. The van der Waals surface area contributed by atoms with Crippen molar-refractivity contribution in [2.45, 2.75) is 51.6 Å². The second kappa shape index (κ2) is 8.40. The number of hydrogen-bond acceptors (Lipinski definition) is 2. The highest BCUT2D eigenvalue weighted by Gasteiger charge is 2.31. The predicted molar refractivity (Wildman–Crippen MR) is 89.4 cm³/mol. The zero-order valence-electron chi connectivity index (χ0n) is 13.0. The molecule has 118 valence electrons. The summed E-state index contributed by atoms with van der Waals surface area (Å²) in [5, 5.41) is 0. The van der Waals surface area contributed by atoms with Gasteiger partial charge in [0.15, 0.2) is 0 Å². The number of piperidine rings is 1. The molecule has 0 aromatic heterocycles. The number of carbonyl (C=O) groups is 1. The van der Waals surface area contributed by atoms with E-state index in [4.69, 9.17) is 5.73 Å². The standard InChI is InChI=1S/C17H26N2O.ClH/c1-3-15-11-7-8-12-19(15)17(20)13(2)16(18)14-9-5-4-6-10-14;/h4-6,9-10,13,15-16H,3,7-8,11-12,18H2,1-2H3;1H. The third-order valence-electron chi connectivity index (χ3n) is 4.49. The minimum absolute atomic E-state index is 0. The molecule has 1 aliphatic rings. The Labute approximate surface area is 134 Å². The van der Waals surface area contributed by atoms with Crippen LogP contribution in [0.25, 0.3) is 0 Å². The molecule has 1 aromatic rings. The fraction of sp³-hybridized carbons (Fsp3) is 0.588. The average Bonchev–Trinajstić information content (AvgIpc) is 2.53. The van der Waals surface area contributed by atoms with Gasteiger partial charge in [-0.1, -0.05) is 44.2 Å². The van der Waals surface area contributed by atoms with E-state index in [-0.39, 0.29) is 30.3 Å². The number of nitrogens with two attached hydrogens (primary N) is 1. The third kappa shape index (κ3) is 4.21. The maximum absolute atomic E-state index is 12.7. The summed E-state index contributed by atoms with van der Waals surface area (Å²) in [6, 6.07) is 10.1. The molecule has 21 heavy (non-hydrogen) atoms. The van der Waals surface area contributed by atoms with Crippen LogP contribution < -0.4 is 5.73 Å². The molecule has 0 bridgehead atoms. The second-order valence-corrected chi connectivity index (χ2v) is 5.81. The van der Waals surface area contributed by atoms with Crippen molar-refractivity contribution in [2.75, 3.05) is 6.54 Å². The summed E-state index contributed by atoms with van der Waals surface area (Å²) >= 11 is 0. The lowest BCUT2D eigenvalue weighted by atomic mass is 9.91. The van der Waals surface area contributed by atoms with Gasteiger partial charge in [0.05, 0.1) is 5.92 Å². The van der Waals surface area contributed by atoms with Gasteiger partial charge in [0.2, 0.25) is 5.91 Å². The Hall–Kier alpha value is -1.06. The van der Waals surface area contributed by atoms with E-state index in [0.29, 0.717) is 6.04 Å². The Morgan fingerprint density at radius 1 is 1.33 bits per heavy atom. The van der Waals surface area contributed by atoms with Crippen molar-refractivity contribution in [3.63, 3.8) is 0 Å². The van der Waals surface area contributed by atoms with Crippen LogP contribution in [-0.4, -0.2) is 23.4 Å². The molecule has 3 atom stereocenters. The van der Waals surface area contributed by atoms with Crippen molar-refractivity contribution >= 4 is 18.3 Å². The normalized spacial score (nSPS) is 21.3. The number of amides is 1. The van der Waals surface area contributed by atoms with Gasteiger partial charge in [-0.25, -0.2) is 0 Å². The Morgan fingerprint density at radius 2 is 2.00 bits per heavy atom. The summed E-state index contributed by atoms with van der Waals surface area (Å²) in [6.07, 6.45) is 4.53. The van der Waals surface area contributed by atoms with Crippen molar-refractivity contribution in [1.29, 1.82) is 0 Å². The van der Waals surface area contributed by atoms with E-state index in [1.165, 1.54) is 6.42 Å². The van der Waals surface area contributed by atoms with Gasteiger partial charge in [-0.05, 0) is 31.2 Å². The quantitative estimate of drug-likeness (QED) is 0.924. The SMILES string of the molecule is CCC1CCCCN1C(=O)C(C)C(N)c1ccccc1.Cl. The molecule has 2 N–H and O–H groups in total. The summed E-state index contributed by atoms with van der Waals surface area (Å²) < 4.78 is 0. The van der Waals surface area contributed by atoms with E-state index in [2.05, 4.69) is 11.8 Å². The molecule has 1 saturated heterocycles. The Morgan fingerprint density at radius 3 is 2.62 bits per heavy atom. The van der Waals surface area contributed by atoms with Crippen molar-refractivity contribution < 1.29 is 4.79 Å². The van der Waals surface area contributed by atoms with Crippen LogP contribution in [0.5, 0.6) is 0 Å². The molecular formula is C17H27ClN2O. The molecule has 4 heteroatoms. The zero-order valence-corrected chi connectivity index (χ0v) is 13.8. The first kappa shape index (κ1) is 18.0. The highest BCUT2D eigenvalue weighted by Crippen LogP contribution is 2.26. The molecule has 0 radical (unpaired) electrons. The highest BCUT2D eigenvalue weighted by molar-refractivity contribution is 5.85. The molecule has 2 rings (SSSR count). The first-order valence-corrected chi connectivity index (χ1v) is 7.76. The number of benzene rings is 1. The molecule has 0 saturated carbocycles. The number of hydrogen-bond donors (Lipinski definition) is 1. The predicted octanol–water partition coefficient (Wildman–Crippen LogP) is 3.54. The lowest BCUT2D eigenvalue weighted by Gasteiger charge is -2.38. The van der Waals surface area contributed by atoms with E-state index in [1.54, 1.807) is 0 Å². The van der Waals surface area contributed by atoms with Crippen LogP contribution in [0, 0.1) is 5.92 Å². The van der Waals surface area contributed by atoms with Gasteiger partial charge in [-0.3, -0.25) is 4.79 Å². The Balaban J connectivity index is 0.00000220. The van der Waals surface area contributed by atoms with Crippen LogP contribution in [0.2, 0.25) is 0 Å². The lowest BCUT2D eigenvalue weighted by Crippen LogP contribution is -2.47. The Bertz CT molecular complexity index is 438. The summed E-state index contributed by atoms with van der Waals surface area (Å²) in [6.45, 7) is 5.02. The first-order valence-electron chi connectivity index (χ1n) is 7.76. The molecule has 1 aromatic carbocycles. The minimum atomic E-state index is -0.219. The first-order chi connectivity index (χ1) is 9.65. The van der Waals surface area contributed by atoms with Crippen LogP contribution >= 0.6 is 12.4 Å². The largest absolute Gasteiger partial charge is 0.339 e. The van der Waals surface area contributed by atoms with Crippen LogP contribution in [-0.2, 0) is 4.79 Å². The molecule has 3 unspecified atom stereocenters. The molecular weight excluding hydrogens is 284 g/mol. The van der Waals surface area contributed by atoms with Gasteiger partial charge >= 0.3 is 0 Å². The van der Waals surface area contributed by atoms with Crippen LogP contribution in [0.3, 0.4) is 0 Å². The maximum atomic E-state index is 12.7. The summed E-state index contributed by atoms with van der Waals surface area (Å²) in [5.74, 6) is 0.0532. The van der Waals surface area contributed by atoms with Crippen LogP contribution in [0.1, 0.15) is 51.1 Å². The molecule has 1 aliphatic heterocycles. The molecule has 1 fully saturated rings. The maximum Gasteiger partial charge on any atom is 0.227 e. The van der Waals surface area contributed by atoms with E-state index in [1.807, 2.05) is 37.3 Å². The van der Waals surface area contributed by atoms with Crippen LogP contribution in [0.15, 0.2) is 30.3 Å². The van der Waals surface area contributed by atoms with Crippen molar-refractivity contribution in [3.8, 4) is 0 Å². The topological polar surface area (TPSA) is 46.3 Å². The van der Waals surface area contributed by atoms with Gasteiger partial charge in [-0.2, -0.15) is 0 Å². The highest BCUT2D eigenvalue weighted by atomic mass is 35.5. The van der Waals surface area contributed by atoms with Crippen LogP contribution in [0.4, 0.5) is 0 Å². The van der Waals surface area contributed by atoms with Gasteiger partial charge in [0, 0.05) is 18.6 Å². The number of nitrogens with zero attached hydrogens (tertiary/aromatic N) is 1. The zero-order chi connectivity index (χ0) is 14.5. The number of rotatable bonds is 4. The molecule has 1 amide bonds. The monoisotopic (exact) mass is 310 g/mol. The molecule has 3 nitrogen and oxygen atoms in total. The smallest absolute Gasteiger partial charge is 0.227 e. The van der Waals surface area contributed by atoms with Gasteiger partial charge in [0.1, 0.15) is 0 Å². The summed E-state index contributed by atoms with van der Waals surface area (Å²) in [4.78, 5) is 14.8. The van der Waals surface area contributed by atoms with E-state index in [0.717, 1.165) is 31.4 Å². The Kier molecular flexibility index (Phi) is 7.20.